The molecule has 0 aromatic carbocycles. The van der Waals surface area contributed by atoms with Gasteiger partial charge in [-0.1, -0.05) is 12.5 Å². The summed E-state index contributed by atoms with van der Waals surface area (Å²) in [7, 11) is 4.01. The predicted octanol–water partition coefficient (Wildman–Crippen LogP) is 1.53. The minimum atomic E-state index is 0.234. The predicted molar refractivity (Wildman–Crippen MR) is 63.1 cm³/mol. The van der Waals surface area contributed by atoms with Crippen LogP contribution < -0.4 is 10.6 Å². The van der Waals surface area contributed by atoms with Crippen molar-refractivity contribution in [2.75, 3.05) is 25.5 Å². The molecular weight excluding hydrogens is 186 g/mol. The van der Waals surface area contributed by atoms with Crippen molar-refractivity contribution in [2.24, 2.45) is 5.73 Å². The SMILES string of the molecule is CN(C)c1ccc(C2(CN)CCC2)cn1. The van der Waals surface area contributed by atoms with Crippen LogP contribution in [-0.4, -0.2) is 25.6 Å². The maximum atomic E-state index is 5.86. The van der Waals surface area contributed by atoms with Crippen molar-refractivity contribution < 1.29 is 0 Å². The average Bonchev–Trinajstić information content (AvgIpc) is 2.18. The number of nitrogens with two attached hydrogens (primary N) is 1. The molecule has 1 fully saturated rings. The Bertz CT molecular complexity index is 320. The molecule has 0 spiro atoms. The van der Waals surface area contributed by atoms with E-state index in [2.05, 4.69) is 17.1 Å². The molecule has 3 nitrogen and oxygen atoms in total. The van der Waals surface area contributed by atoms with Crippen LogP contribution >= 0.6 is 0 Å². The Labute approximate surface area is 91.3 Å². The van der Waals surface area contributed by atoms with Gasteiger partial charge in [-0.25, -0.2) is 4.98 Å². The molecule has 1 aromatic heterocycles. The molecule has 0 saturated heterocycles. The Morgan fingerprint density at radius 3 is 2.47 bits per heavy atom. The second-order valence-corrected chi connectivity index (χ2v) is 4.64. The van der Waals surface area contributed by atoms with Crippen molar-refractivity contribution in [2.45, 2.75) is 24.7 Å². The molecule has 2 N–H and O–H groups in total. The molecule has 1 aromatic rings. The Morgan fingerprint density at radius 2 is 2.13 bits per heavy atom. The maximum Gasteiger partial charge on any atom is 0.127 e. The first-order chi connectivity index (χ1) is 7.18. The number of aromatic nitrogens is 1. The second-order valence-electron chi connectivity index (χ2n) is 4.64. The summed E-state index contributed by atoms with van der Waals surface area (Å²) in [5.74, 6) is 1.00. The first-order valence-corrected chi connectivity index (χ1v) is 5.52. The van der Waals surface area contributed by atoms with Gasteiger partial charge in [0.05, 0.1) is 0 Å². The van der Waals surface area contributed by atoms with Crippen LogP contribution in [0, 0.1) is 0 Å². The van der Waals surface area contributed by atoms with E-state index in [9.17, 15) is 0 Å². The third-order valence-electron chi connectivity index (χ3n) is 3.52. The van der Waals surface area contributed by atoms with E-state index in [-0.39, 0.29) is 5.41 Å². The van der Waals surface area contributed by atoms with Crippen molar-refractivity contribution in [3.8, 4) is 0 Å². The zero-order valence-corrected chi connectivity index (χ0v) is 9.53. The Balaban J connectivity index is 2.23. The van der Waals surface area contributed by atoms with Crippen LogP contribution in [0.2, 0.25) is 0 Å². The third-order valence-corrected chi connectivity index (χ3v) is 3.52. The number of nitrogens with zero attached hydrogens (tertiary/aromatic N) is 2. The van der Waals surface area contributed by atoms with E-state index in [1.54, 1.807) is 0 Å². The number of hydrogen-bond acceptors (Lipinski definition) is 3. The lowest BCUT2D eigenvalue weighted by atomic mass is 9.65. The molecule has 0 radical (unpaired) electrons. The fourth-order valence-electron chi connectivity index (χ4n) is 2.18. The van der Waals surface area contributed by atoms with Crippen LogP contribution in [0.1, 0.15) is 24.8 Å². The topological polar surface area (TPSA) is 42.1 Å². The minimum absolute atomic E-state index is 0.234. The summed E-state index contributed by atoms with van der Waals surface area (Å²) in [4.78, 5) is 6.46. The van der Waals surface area contributed by atoms with Gasteiger partial charge in [0.25, 0.3) is 0 Å². The number of hydrogen-bond donors (Lipinski definition) is 1. The van der Waals surface area contributed by atoms with E-state index >= 15 is 0 Å². The van der Waals surface area contributed by atoms with E-state index in [1.165, 1.54) is 24.8 Å². The minimum Gasteiger partial charge on any atom is -0.363 e. The highest BCUT2D eigenvalue weighted by Gasteiger charge is 2.37. The van der Waals surface area contributed by atoms with E-state index in [0.717, 1.165) is 12.4 Å². The van der Waals surface area contributed by atoms with E-state index in [4.69, 9.17) is 5.73 Å². The number of anilines is 1. The fraction of sp³-hybridized carbons (Fsp3) is 0.583. The zero-order chi connectivity index (χ0) is 10.9. The molecule has 0 aliphatic heterocycles. The van der Waals surface area contributed by atoms with Crippen LogP contribution in [0.4, 0.5) is 5.82 Å². The molecule has 0 amide bonds. The molecule has 0 bridgehead atoms. The van der Waals surface area contributed by atoms with Crippen molar-refractivity contribution in [3.05, 3.63) is 23.9 Å². The third kappa shape index (κ3) is 1.72. The Kier molecular flexibility index (Phi) is 2.65. The van der Waals surface area contributed by atoms with E-state index in [1.807, 2.05) is 25.2 Å². The van der Waals surface area contributed by atoms with Crippen LogP contribution in [-0.2, 0) is 5.41 Å². The van der Waals surface area contributed by atoms with Crippen LogP contribution in [0.3, 0.4) is 0 Å². The summed E-state index contributed by atoms with van der Waals surface area (Å²) >= 11 is 0. The summed E-state index contributed by atoms with van der Waals surface area (Å²) in [6, 6.07) is 4.25. The summed E-state index contributed by atoms with van der Waals surface area (Å²) < 4.78 is 0. The summed E-state index contributed by atoms with van der Waals surface area (Å²) in [5, 5.41) is 0. The zero-order valence-electron chi connectivity index (χ0n) is 9.53. The highest BCUT2D eigenvalue weighted by Crippen LogP contribution is 2.42. The maximum absolute atomic E-state index is 5.86. The smallest absolute Gasteiger partial charge is 0.127 e. The van der Waals surface area contributed by atoms with Crippen LogP contribution in [0.15, 0.2) is 18.3 Å². The molecule has 1 heterocycles. The first kappa shape index (κ1) is 10.4. The van der Waals surface area contributed by atoms with Crippen LogP contribution in [0.5, 0.6) is 0 Å². The van der Waals surface area contributed by atoms with Gasteiger partial charge < -0.3 is 10.6 Å². The lowest BCUT2D eigenvalue weighted by Crippen LogP contribution is -2.41. The lowest BCUT2D eigenvalue weighted by Gasteiger charge is -2.41. The highest BCUT2D eigenvalue weighted by molar-refractivity contribution is 5.39. The van der Waals surface area contributed by atoms with Crippen molar-refractivity contribution >= 4 is 5.82 Å². The standard InChI is InChI=1S/C12H19N3/c1-15(2)11-5-4-10(8-14-11)12(9-13)6-3-7-12/h4-5,8H,3,6-7,9,13H2,1-2H3. The van der Waals surface area contributed by atoms with Gasteiger partial charge in [-0.3, -0.25) is 0 Å². The van der Waals surface area contributed by atoms with Gasteiger partial charge in [0, 0.05) is 32.3 Å². The quantitative estimate of drug-likeness (QED) is 0.813. The molecule has 1 aliphatic carbocycles. The van der Waals surface area contributed by atoms with Crippen molar-refractivity contribution in [1.82, 2.24) is 4.98 Å². The van der Waals surface area contributed by atoms with Gasteiger partial charge in [-0.2, -0.15) is 0 Å². The molecule has 1 aliphatic rings. The molecule has 0 unspecified atom stereocenters. The monoisotopic (exact) mass is 205 g/mol. The number of rotatable bonds is 3. The number of pyridine rings is 1. The lowest BCUT2D eigenvalue weighted by molar-refractivity contribution is 0.252. The van der Waals surface area contributed by atoms with Gasteiger partial charge >= 0.3 is 0 Å². The molecule has 1 saturated carbocycles. The highest BCUT2D eigenvalue weighted by atomic mass is 15.1. The molecule has 2 rings (SSSR count). The molecular formula is C12H19N3. The van der Waals surface area contributed by atoms with Crippen molar-refractivity contribution in [3.63, 3.8) is 0 Å². The molecule has 82 valence electrons. The van der Waals surface area contributed by atoms with Gasteiger partial charge in [0.15, 0.2) is 0 Å². The average molecular weight is 205 g/mol. The summed E-state index contributed by atoms with van der Waals surface area (Å²) in [6.07, 6.45) is 5.72. The fourth-order valence-corrected chi connectivity index (χ4v) is 2.18. The first-order valence-electron chi connectivity index (χ1n) is 5.52. The Morgan fingerprint density at radius 1 is 1.40 bits per heavy atom. The van der Waals surface area contributed by atoms with Crippen molar-refractivity contribution in [1.29, 1.82) is 0 Å². The normalized spacial score (nSPS) is 18.3. The van der Waals surface area contributed by atoms with Gasteiger partial charge in [-0.05, 0) is 24.5 Å². The largest absolute Gasteiger partial charge is 0.363 e. The van der Waals surface area contributed by atoms with Gasteiger partial charge in [0.1, 0.15) is 5.82 Å². The Hall–Kier alpha value is -1.09. The van der Waals surface area contributed by atoms with Gasteiger partial charge in [-0.15, -0.1) is 0 Å². The molecule has 0 atom stereocenters. The molecule has 15 heavy (non-hydrogen) atoms. The summed E-state index contributed by atoms with van der Waals surface area (Å²) in [5.41, 5.74) is 7.40. The summed E-state index contributed by atoms with van der Waals surface area (Å²) in [6.45, 7) is 0.746. The second kappa shape index (κ2) is 3.81. The van der Waals surface area contributed by atoms with E-state index < -0.39 is 0 Å². The van der Waals surface area contributed by atoms with Gasteiger partial charge in [0.2, 0.25) is 0 Å². The molecule has 3 heteroatoms. The van der Waals surface area contributed by atoms with E-state index in [0.29, 0.717) is 0 Å². The van der Waals surface area contributed by atoms with Crippen LogP contribution in [0.25, 0.3) is 0 Å².